The first-order valence-electron chi connectivity index (χ1n) is 5.41. The summed E-state index contributed by atoms with van der Waals surface area (Å²) in [6.45, 7) is -0.591. The van der Waals surface area contributed by atoms with Crippen LogP contribution in [0, 0.1) is 0 Å². The molecule has 2 aromatic rings. The largest absolute Gasteiger partial charge is 0.478 e. The number of ketones is 1. The molecule has 0 radical (unpaired) electrons. The number of hydrogen-bond donors (Lipinski definition) is 2. The van der Waals surface area contributed by atoms with Crippen LogP contribution in [-0.2, 0) is 0 Å². The van der Waals surface area contributed by atoms with Crippen molar-refractivity contribution < 1.29 is 19.8 Å². The monoisotopic (exact) mass is 258 g/mol. The molecule has 0 aliphatic carbocycles. The SMILES string of the molecule is O=C(O)c1ccnc(-c2cc(C(=O)CO)ccn2)c1. The van der Waals surface area contributed by atoms with Crippen molar-refractivity contribution in [3.8, 4) is 11.4 Å². The number of pyridine rings is 2. The average Bonchev–Trinajstić information content (AvgIpc) is 2.46. The molecule has 2 heterocycles. The van der Waals surface area contributed by atoms with Crippen LogP contribution >= 0.6 is 0 Å². The van der Waals surface area contributed by atoms with E-state index in [1.54, 1.807) is 0 Å². The molecular formula is C13H10N2O4. The average molecular weight is 258 g/mol. The van der Waals surface area contributed by atoms with Gasteiger partial charge in [0.2, 0.25) is 0 Å². The molecule has 0 saturated carbocycles. The van der Waals surface area contributed by atoms with Gasteiger partial charge in [-0.1, -0.05) is 0 Å². The van der Waals surface area contributed by atoms with Crippen LogP contribution in [0.1, 0.15) is 20.7 Å². The zero-order valence-electron chi connectivity index (χ0n) is 9.78. The van der Waals surface area contributed by atoms with Crippen LogP contribution in [0.4, 0.5) is 0 Å². The highest BCUT2D eigenvalue weighted by molar-refractivity contribution is 5.97. The van der Waals surface area contributed by atoms with Crippen LogP contribution < -0.4 is 0 Å². The Kier molecular flexibility index (Phi) is 3.63. The van der Waals surface area contributed by atoms with E-state index in [-0.39, 0.29) is 5.56 Å². The van der Waals surface area contributed by atoms with E-state index in [9.17, 15) is 9.59 Å². The van der Waals surface area contributed by atoms with Gasteiger partial charge in [-0.15, -0.1) is 0 Å². The van der Waals surface area contributed by atoms with Crippen molar-refractivity contribution >= 4 is 11.8 Å². The van der Waals surface area contributed by atoms with Gasteiger partial charge in [0.1, 0.15) is 6.61 Å². The van der Waals surface area contributed by atoms with Crippen molar-refractivity contribution in [3.05, 3.63) is 47.8 Å². The normalized spacial score (nSPS) is 10.2. The second-order valence-corrected chi connectivity index (χ2v) is 3.75. The quantitative estimate of drug-likeness (QED) is 0.794. The lowest BCUT2D eigenvalue weighted by atomic mass is 10.1. The maximum absolute atomic E-state index is 11.4. The summed E-state index contributed by atoms with van der Waals surface area (Å²) in [5, 5.41) is 17.7. The maximum atomic E-state index is 11.4. The molecule has 6 nitrogen and oxygen atoms in total. The molecule has 19 heavy (non-hydrogen) atoms. The van der Waals surface area contributed by atoms with E-state index in [2.05, 4.69) is 9.97 Å². The van der Waals surface area contributed by atoms with Crippen molar-refractivity contribution in [2.75, 3.05) is 6.61 Å². The van der Waals surface area contributed by atoms with Crippen molar-refractivity contribution in [2.24, 2.45) is 0 Å². The Morgan fingerprint density at radius 2 is 1.53 bits per heavy atom. The Morgan fingerprint density at radius 3 is 2.05 bits per heavy atom. The molecule has 0 unspecified atom stereocenters. The number of rotatable bonds is 4. The van der Waals surface area contributed by atoms with Crippen LogP contribution in [0.2, 0.25) is 0 Å². The third kappa shape index (κ3) is 2.80. The van der Waals surface area contributed by atoms with E-state index in [1.165, 1.54) is 36.7 Å². The van der Waals surface area contributed by atoms with Crippen molar-refractivity contribution in [1.82, 2.24) is 9.97 Å². The molecule has 0 atom stereocenters. The summed E-state index contributed by atoms with van der Waals surface area (Å²) in [6, 6.07) is 5.68. The first-order valence-corrected chi connectivity index (χ1v) is 5.41. The number of Topliss-reactive ketones (excluding diaryl/α,β-unsaturated/α-hetero) is 1. The third-order valence-corrected chi connectivity index (χ3v) is 2.49. The maximum Gasteiger partial charge on any atom is 0.335 e. The van der Waals surface area contributed by atoms with E-state index in [0.29, 0.717) is 17.0 Å². The molecule has 0 spiro atoms. The van der Waals surface area contributed by atoms with Crippen LogP contribution in [0.15, 0.2) is 36.7 Å². The number of carbonyl (C=O) groups excluding carboxylic acids is 1. The summed E-state index contributed by atoms with van der Waals surface area (Å²) >= 11 is 0. The van der Waals surface area contributed by atoms with Gasteiger partial charge >= 0.3 is 5.97 Å². The highest BCUT2D eigenvalue weighted by atomic mass is 16.4. The number of carboxylic acid groups (broad SMARTS) is 1. The number of nitrogens with zero attached hydrogens (tertiary/aromatic N) is 2. The predicted octanol–water partition coefficient (Wildman–Crippen LogP) is 1.02. The highest BCUT2D eigenvalue weighted by Gasteiger charge is 2.10. The van der Waals surface area contributed by atoms with Gasteiger partial charge in [-0.05, 0) is 24.3 Å². The first-order chi connectivity index (χ1) is 9.11. The molecule has 2 N–H and O–H groups in total. The number of aromatic carboxylic acids is 1. The summed E-state index contributed by atoms with van der Waals surface area (Å²) in [5.74, 6) is -1.50. The first kappa shape index (κ1) is 12.8. The number of aliphatic hydroxyl groups excluding tert-OH is 1. The summed E-state index contributed by atoms with van der Waals surface area (Å²) in [5.41, 5.74) is 1.12. The topological polar surface area (TPSA) is 100 Å². The Morgan fingerprint density at radius 1 is 1.00 bits per heavy atom. The van der Waals surface area contributed by atoms with Gasteiger partial charge in [-0.3, -0.25) is 14.8 Å². The van der Waals surface area contributed by atoms with Crippen LogP contribution in [0.25, 0.3) is 11.4 Å². The van der Waals surface area contributed by atoms with Gasteiger partial charge in [-0.25, -0.2) is 4.79 Å². The summed E-state index contributed by atoms with van der Waals surface area (Å²) in [4.78, 5) is 30.3. The van der Waals surface area contributed by atoms with Crippen LogP contribution in [0.3, 0.4) is 0 Å². The van der Waals surface area contributed by atoms with Crippen LogP contribution in [0.5, 0.6) is 0 Å². The molecule has 2 aromatic heterocycles. The van der Waals surface area contributed by atoms with Crippen LogP contribution in [-0.4, -0.2) is 38.5 Å². The fourth-order valence-corrected chi connectivity index (χ4v) is 1.54. The summed E-state index contributed by atoms with van der Waals surface area (Å²) in [7, 11) is 0. The second-order valence-electron chi connectivity index (χ2n) is 3.75. The van der Waals surface area contributed by atoms with Gasteiger partial charge in [0.05, 0.1) is 17.0 Å². The van der Waals surface area contributed by atoms with E-state index >= 15 is 0 Å². The van der Waals surface area contributed by atoms with E-state index < -0.39 is 18.4 Å². The molecule has 6 heteroatoms. The number of aliphatic hydroxyl groups is 1. The van der Waals surface area contributed by atoms with Crippen molar-refractivity contribution in [1.29, 1.82) is 0 Å². The molecule has 0 aliphatic rings. The molecule has 0 amide bonds. The molecule has 96 valence electrons. The second kappa shape index (κ2) is 5.36. The molecule has 0 bridgehead atoms. The number of carbonyl (C=O) groups is 2. The van der Waals surface area contributed by atoms with Crippen molar-refractivity contribution in [2.45, 2.75) is 0 Å². The Labute approximate surface area is 108 Å². The third-order valence-electron chi connectivity index (χ3n) is 2.49. The van der Waals surface area contributed by atoms with E-state index in [4.69, 9.17) is 10.2 Å². The summed E-state index contributed by atoms with van der Waals surface area (Å²) < 4.78 is 0. The lowest BCUT2D eigenvalue weighted by molar-refractivity contribution is 0.0696. The zero-order valence-corrected chi connectivity index (χ0v) is 9.78. The Balaban J connectivity index is 2.44. The molecule has 0 aliphatic heterocycles. The van der Waals surface area contributed by atoms with E-state index in [0.717, 1.165) is 0 Å². The van der Waals surface area contributed by atoms with E-state index in [1.807, 2.05) is 0 Å². The minimum Gasteiger partial charge on any atom is -0.478 e. The van der Waals surface area contributed by atoms with Gasteiger partial charge in [0.25, 0.3) is 0 Å². The smallest absolute Gasteiger partial charge is 0.335 e. The Hall–Kier alpha value is -2.60. The zero-order chi connectivity index (χ0) is 13.8. The lowest BCUT2D eigenvalue weighted by Gasteiger charge is -2.03. The molecule has 2 rings (SSSR count). The predicted molar refractivity (Wildman–Crippen MR) is 65.8 cm³/mol. The molecule has 0 aromatic carbocycles. The number of carboxylic acids is 1. The van der Waals surface area contributed by atoms with Gasteiger partial charge in [0, 0.05) is 18.0 Å². The molecular weight excluding hydrogens is 248 g/mol. The van der Waals surface area contributed by atoms with Gasteiger partial charge < -0.3 is 10.2 Å². The Bertz CT molecular complexity index is 640. The lowest BCUT2D eigenvalue weighted by Crippen LogP contribution is -2.05. The van der Waals surface area contributed by atoms with Gasteiger partial charge in [-0.2, -0.15) is 0 Å². The fourth-order valence-electron chi connectivity index (χ4n) is 1.54. The van der Waals surface area contributed by atoms with Gasteiger partial charge in [0.15, 0.2) is 5.78 Å². The summed E-state index contributed by atoms with van der Waals surface area (Å²) in [6.07, 6.45) is 2.77. The number of hydrogen-bond acceptors (Lipinski definition) is 5. The van der Waals surface area contributed by atoms with Crippen molar-refractivity contribution in [3.63, 3.8) is 0 Å². The highest BCUT2D eigenvalue weighted by Crippen LogP contribution is 2.17. The number of aromatic nitrogens is 2. The standard InChI is InChI=1S/C13H10N2O4/c16-7-12(17)8-1-3-14-10(5-8)11-6-9(13(18)19)2-4-15-11/h1-6,16H,7H2,(H,18,19). The molecule has 0 saturated heterocycles. The minimum atomic E-state index is -1.06. The fraction of sp³-hybridized carbons (Fsp3) is 0.0769. The molecule has 0 fully saturated rings. The minimum absolute atomic E-state index is 0.0886.